The summed E-state index contributed by atoms with van der Waals surface area (Å²) in [6.07, 6.45) is 3.30. The number of para-hydroxylation sites is 1. The molecule has 0 unspecified atom stereocenters. The molecule has 36 heavy (non-hydrogen) atoms. The molecule has 1 aliphatic heterocycles. The lowest BCUT2D eigenvalue weighted by Gasteiger charge is -2.13. The van der Waals surface area contributed by atoms with Crippen LogP contribution < -0.4 is 5.32 Å². The Morgan fingerprint density at radius 1 is 1.08 bits per heavy atom. The standard InChI is InChI=1S/C26H24N4O5S/c1-17(2)18-9-11-20(12-10-18)27-24(31)16-29-25(32)23(36-26(29)33)14-21-7-5-13-28(21)15-19-6-3-4-8-22(19)30(34)35/h3-14,17H,15-16H2,1-2H3,(H,27,31)/b23-14+. The van der Waals surface area contributed by atoms with Gasteiger partial charge >= 0.3 is 0 Å². The molecule has 0 aliphatic carbocycles. The number of nitrogens with one attached hydrogen (secondary N) is 1. The maximum atomic E-state index is 12.9. The van der Waals surface area contributed by atoms with Gasteiger partial charge in [0.2, 0.25) is 5.91 Å². The van der Waals surface area contributed by atoms with Gasteiger partial charge in [0, 0.05) is 29.2 Å². The molecule has 0 bridgehead atoms. The van der Waals surface area contributed by atoms with Gasteiger partial charge in [0.1, 0.15) is 6.54 Å². The summed E-state index contributed by atoms with van der Waals surface area (Å²) in [5, 5.41) is 13.5. The molecule has 2 heterocycles. The van der Waals surface area contributed by atoms with E-state index in [1.165, 1.54) is 6.07 Å². The van der Waals surface area contributed by atoms with Gasteiger partial charge in [-0.1, -0.05) is 44.2 Å². The molecule has 2 aromatic carbocycles. The lowest BCUT2D eigenvalue weighted by molar-refractivity contribution is -0.385. The summed E-state index contributed by atoms with van der Waals surface area (Å²) in [6, 6.07) is 17.3. The maximum Gasteiger partial charge on any atom is 0.294 e. The van der Waals surface area contributed by atoms with Crippen LogP contribution in [0.25, 0.3) is 6.08 Å². The fourth-order valence-corrected chi connectivity index (χ4v) is 4.60. The molecule has 3 amide bonds. The first-order valence-electron chi connectivity index (χ1n) is 11.3. The van der Waals surface area contributed by atoms with Gasteiger partial charge in [0.15, 0.2) is 0 Å². The van der Waals surface area contributed by atoms with Crippen LogP contribution in [0, 0.1) is 10.1 Å². The second kappa shape index (κ2) is 10.6. The van der Waals surface area contributed by atoms with Gasteiger partial charge in [-0.3, -0.25) is 29.4 Å². The number of rotatable bonds is 8. The molecule has 1 saturated heterocycles. The average molecular weight is 505 g/mol. The van der Waals surface area contributed by atoms with Crippen molar-refractivity contribution in [1.29, 1.82) is 0 Å². The topological polar surface area (TPSA) is 115 Å². The molecule has 1 aliphatic rings. The number of hydrogen-bond donors (Lipinski definition) is 1. The van der Waals surface area contributed by atoms with E-state index in [0.29, 0.717) is 22.9 Å². The molecule has 10 heteroatoms. The van der Waals surface area contributed by atoms with E-state index in [2.05, 4.69) is 19.2 Å². The fourth-order valence-electron chi connectivity index (χ4n) is 3.77. The van der Waals surface area contributed by atoms with E-state index < -0.39 is 28.5 Å². The van der Waals surface area contributed by atoms with Crippen molar-refractivity contribution in [2.75, 3.05) is 11.9 Å². The number of anilines is 1. The second-order valence-corrected chi connectivity index (χ2v) is 9.53. The zero-order valence-corrected chi connectivity index (χ0v) is 20.5. The highest BCUT2D eigenvalue weighted by atomic mass is 32.2. The van der Waals surface area contributed by atoms with Crippen LogP contribution in [0.15, 0.2) is 71.8 Å². The summed E-state index contributed by atoms with van der Waals surface area (Å²) < 4.78 is 1.75. The number of thioether (sulfide) groups is 1. The summed E-state index contributed by atoms with van der Waals surface area (Å²) in [7, 11) is 0. The maximum absolute atomic E-state index is 12.9. The van der Waals surface area contributed by atoms with Crippen molar-refractivity contribution < 1.29 is 19.3 Å². The van der Waals surface area contributed by atoms with E-state index >= 15 is 0 Å². The molecular formula is C26H24N4O5S. The van der Waals surface area contributed by atoms with Gasteiger partial charge in [-0.2, -0.15) is 0 Å². The van der Waals surface area contributed by atoms with Crippen molar-refractivity contribution in [3.8, 4) is 0 Å². The smallest absolute Gasteiger partial charge is 0.294 e. The highest BCUT2D eigenvalue weighted by Crippen LogP contribution is 2.32. The Balaban J connectivity index is 1.45. The first-order valence-corrected chi connectivity index (χ1v) is 12.1. The Morgan fingerprint density at radius 3 is 2.50 bits per heavy atom. The monoisotopic (exact) mass is 504 g/mol. The summed E-state index contributed by atoms with van der Waals surface area (Å²) in [5.74, 6) is -0.676. The molecule has 0 atom stereocenters. The third kappa shape index (κ3) is 5.55. The van der Waals surface area contributed by atoms with Crippen LogP contribution >= 0.6 is 11.8 Å². The summed E-state index contributed by atoms with van der Waals surface area (Å²) in [4.78, 5) is 49.9. The van der Waals surface area contributed by atoms with E-state index in [1.807, 2.05) is 12.1 Å². The van der Waals surface area contributed by atoms with Gasteiger partial charge in [-0.05, 0) is 53.6 Å². The molecule has 1 fully saturated rings. The Labute approximate surface area is 211 Å². The van der Waals surface area contributed by atoms with Gasteiger partial charge < -0.3 is 9.88 Å². The van der Waals surface area contributed by atoms with Crippen molar-refractivity contribution in [2.45, 2.75) is 26.3 Å². The van der Waals surface area contributed by atoms with Crippen molar-refractivity contribution in [1.82, 2.24) is 9.47 Å². The lowest BCUT2D eigenvalue weighted by Crippen LogP contribution is -2.36. The van der Waals surface area contributed by atoms with E-state index in [9.17, 15) is 24.5 Å². The molecule has 9 nitrogen and oxygen atoms in total. The summed E-state index contributed by atoms with van der Waals surface area (Å²) in [6.45, 7) is 3.97. The van der Waals surface area contributed by atoms with Crippen molar-refractivity contribution in [2.24, 2.45) is 0 Å². The molecule has 4 rings (SSSR count). The molecule has 1 N–H and O–H groups in total. The number of nitrogens with zero attached hydrogens (tertiary/aromatic N) is 3. The normalized spacial score (nSPS) is 14.6. The molecule has 184 valence electrons. The molecule has 0 radical (unpaired) electrons. The Hall–Kier alpha value is -4.18. The van der Waals surface area contributed by atoms with Gasteiger partial charge in [-0.15, -0.1) is 0 Å². The van der Waals surface area contributed by atoms with Crippen LogP contribution in [0.4, 0.5) is 16.2 Å². The number of carbonyl (C=O) groups excluding carboxylic acids is 3. The lowest BCUT2D eigenvalue weighted by atomic mass is 10.0. The van der Waals surface area contributed by atoms with E-state index in [4.69, 9.17) is 0 Å². The Morgan fingerprint density at radius 2 is 1.81 bits per heavy atom. The zero-order valence-electron chi connectivity index (χ0n) is 19.7. The van der Waals surface area contributed by atoms with E-state index in [1.54, 1.807) is 59.3 Å². The number of carbonyl (C=O) groups is 3. The number of amides is 3. The quantitative estimate of drug-likeness (QED) is 0.255. The van der Waals surface area contributed by atoms with Crippen molar-refractivity contribution in [3.63, 3.8) is 0 Å². The van der Waals surface area contributed by atoms with Crippen molar-refractivity contribution in [3.05, 3.63) is 98.7 Å². The van der Waals surface area contributed by atoms with E-state index in [0.717, 1.165) is 22.2 Å². The van der Waals surface area contributed by atoms with Crippen LogP contribution in [0.1, 0.15) is 36.6 Å². The van der Waals surface area contributed by atoms with Gasteiger partial charge in [0.05, 0.1) is 16.4 Å². The minimum Gasteiger partial charge on any atom is -0.343 e. The minimum absolute atomic E-state index is 0.00216. The molecule has 3 aromatic rings. The van der Waals surface area contributed by atoms with Crippen LogP contribution in [-0.4, -0.2) is 38.0 Å². The number of nitro groups is 1. The summed E-state index contributed by atoms with van der Waals surface area (Å²) >= 11 is 0.753. The highest BCUT2D eigenvalue weighted by molar-refractivity contribution is 8.18. The van der Waals surface area contributed by atoms with Crippen LogP contribution in [-0.2, 0) is 16.1 Å². The van der Waals surface area contributed by atoms with Crippen LogP contribution in [0.5, 0.6) is 0 Å². The summed E-state index contributed by atoms with van der Waals surface area (Å²) in [5.41, 5.74) is 2.84. The zero-order chi connectivity index (χ0) is 25.8. The molecule has 0 spiro atoms. The predicted octanol–water partition coefficient (Wildman–Crippen LogP) is 5.24. The van der Waals surface area contributed by atoms with Gasteiger partial charge in [-0.25, -0.2) is 0 Å². The molecule has 1 aromatic heterocycles. The van der Waals surface area contributed by atoms with Crippen LogP contribution in [0.2, 0.25) is 0 Å². The first-order chi connectivity index (χ1) is 17.2. The number of aromatic nitrogens is 1. The first kappa shape index (κ1) is 24.9. The highest BCUT2D eigenvalue weighted by Gasteiger charge is 2.36. The Kier molecular flexibility index (Phi) is 7.35. The largest absolute Gasteiger partial charge is 0.343 e. The molecular weight excluding hydrogens is 480 g/mol. The number of nitro benzene ring substituents is 1. The average Bonchev–Trinajstić information content (AvgIpc) is 3.38. The SMILES string of the molecule is CC(C)c1ccc(NC(=O)CN2C(=O)S/C(=C/c3cccn3Cc3ccccc3[N+](=O)[O-])C2=O)cc1. The third-order valence-corrected chi connectivity index (χ3v) is 6.62. The second-order valence-electron chi connectivity index (χ2n) is 8.54. The number of imide groups is 1. The Bertz CT molecular complexity index is 1360. The van der Waals surface area contributed by atoms with Crippen molar-refractivity contribution >= 4 is 46.3 Å². The number of hydrogen-bond acceptors (Lipinski definition) is 6. The van der Waals surface area contributed by atoms with E-state index in [-0.39, 0.29) is 17.1 Å². The minimum atomic E-state index is -0.561. The third-order valence-electron chi connectivity index (χ3n) is 5.71. The van der Waals surface area contributed by atoms with Crippen LogP contribution in [0.3, 0.4) is 0 Å². The number of benzene rings is 2. The predicted molar refractivity (Wildman–Crippen MR) is 138 cm³/mol. The fraction of sp³-hybridized carbons (Fsp3) is 0.192. The molecule has 0 saturated carbocycles. The van der Waals surface area contributed by atoms with Gasteiger partial charge in [0.25, 0.3) is 16.8 Å².